The van der Waals surface area contributed by atoms with Crippen LogP contribution in [0.3, 0.4) is 0 Å². The van der Waals surface area contributed by atoms with Crippen LogP contribution in [0, 0.1) is 0 Å². The number of esters is 1. The van der Waals surface area contributed by atoms with E-state index in [0.29, 0.717) is 6.42 Å². The van der Waals surface area contributed by atoms with Crippen molar-refractivity contribution in [1.82, 2.24) is 0 Å². The van der Waals surface area contributed by atoms with Crippen molar-refractivity contribution in [2.45, 2.75) is 180 Å². The highest BCUT2D eigenvalue weighted by atomic mass is 31.2. The van der Waals surface area contributed by atoms with Crippen LogP contribution in [-0.2, 0) is 27.9 Å². The first-order valence-electron chi connectivity index (χ1n) is 20.8. The van der Waals surface area contributed by atoms with Gasteiger partial charge in [-0.25, -0.2) is 4.57 Å². The average Bonchev–Trinajstić information content (AvgIpc) is 3.14. The molecule has 0 aromatic carbocycles. The van der Waals surface area contributed by atoms with Gasteiger partial charge in [0, 0.05) is 13.0 Å². The maximum atomic E-state index is 12.4. The van der Waals surface area contributed by atoms with Crippen molar-refractivity contribution in [2.75, 3.05) is 26.4 Å². The number of allylic oxidation sites excluding steroid dienone is 9. The normalized spacial score (nSPS) is 14.1. The first-order chi connectivity index (χ1) is 25.4. The number of phosphoric acid groups is 1. The summed E-state index contributed by atoms with van der Waals surface area (Å²) in [6, 6.07) is 0. The van der Waals surface area contributed by atoms with Crippen LogP contribution in [0.1, 0.15) is 174 Å². The molecule has 1 unspecified atom stereocenters. The number of nitrogens with two attached hydrogens (primary N) is 1. The molecule has 302 valence electrons. The van der Waals surface area contributed by atoms with Gasteiger partial charge in [-0.3, -0.25) is 13.8 Å². The lowest BCUT2D eigenvalue weighted by Gasteiger charge is -2.19. The molecular formula is C43H78NO7P. The van der Waals surface area contributed by atoms with Crippen molar-refractivity contribution in [3.63, 3.8) is 0 Å². The zero-order valence-electron chi connectivity index (χ0n) is 33.3. The van der Waals surface area contributed by atoms with Gasteiger partial charge in [-0.1, -0.05) is 159 Å². The highest BCUT2D eigenvalue weighted by molar-refractivity contribution is 7.47. The largest absolute Gasteiger partial charge is 0.492 e. The monoisotopic (exact) mass is 752 g/mol. The number of phosphoric ester groups is 1. The molecule has 0 rings (SSSR count). The van der Waals surface area contributed by atoms with E-state index in [1.807, 2.05) is 6.08 Å². The van der Waals surface area contributed by atoms with E-state index >= 15 is 0 Å². The quantitative estimate of drug-likeness (QED) is 0.0210. The number of hydrogen-bond donors (Lipinski definition) is 2. The lowest BCUT2D eigenvalue weighted by molar-refractivity contribution is -0.147. The molecule has 0 aliphatic carbocycles. The van der Waals surface area contributed by atoms with Crippen LogP contribution in [0.4, 0.5) is 0 Å². The lowest BCUT2D eigenvalue weighted by atomic mass is 10.0. The van der Waals surface area contributed by atoms with Gasteiger partial charge in [0.25, 0.3) is 0 Å². The molecule has 52 heavy (non-hydrogen) atoms. The summed E-state index contributed by atoms with van der Waals surface area (Å²) in [4.78, 5) is 22.2. The highest BCUT2D eigenvalue weighted by Gasteiger charge is 2.24. The molecular weight excluding hydrogens is 673 g/mol. The summed E-state index contributed by atoms with van der Waals surface area (Å²) in [5, 5.41) is 0. The van der Waals surface area contributed by atoms with E-state index in [4.69, 9.17) is 24.3 Å². The third kappa shape index (κ3) is 39.3. The summed E-state index contributed by atoms with van der Waals surface area (Å²) >= 11 is 0. The molecule has 0 aromatic heterocycles. The fourth-order valence-electron chi connectivity index (χ4n) is 5.44. The Kier molecular flexibility index (Phi) is 38.7. The molecule has 9 heteroatoms. The van der Waals surface area contributed by atoms with Crippen LogP contribution in [0.15, 0.2) is 60.9 Å². The summed E-state index contributed by atoms with van der Waals surface area (Å²) in [5.41, 5.74) is 5.36. The third-order valence-corrected chi connectivity index (χ3v) is 9.52. The Labute approximate surface area is 319 Å². The minimum atomic E-state index is -4.27. The number of carbonyl (C=O) groups is 1. The SMILES string of the molecule is CCC=CCC=CCC=CCC=CCCCCCCC(=O)OC[C@H](COP(=O)(O)OCCN)OC=CCCCCCCCCCCCCCCCC. The second-order valence-corrected chi connectivity index (χ2v) is 15.0. The zero-order chi connectivity index (χ0) is 38.1. The minimum absolute atomic E-state index is 0.0786. The molecule has 0 amide bonds. The van der Waals surface area contributed by atoms with Crippen LogP contribution in [0.25, 0.3) is 0 Å². The molecule has 0 aliphatic rings. The third-order valence-electron chi connectivity index (χ3n) is 8.54. The number of rotatable bonds is 39. The van der Waals surface area contributed by atoms with Gasteiger partial charge in [-0.15, -0.1) is 0 Å². The van der Waals surface area contributed by atoms with Gasteiger partial charge in [0.1, 0.15) is 6.61 Å². The minimum Gasteiger partial charge on any atom is -0.492 e. The fourth-order valence-corrected chi connectivity index (χ4v) is 6.21. The summed E-state index contributed by atoms with van der Waals surface area (Å²) in [7, 11) is -4.27. The predicted molar refractivity (Wildman–Crippen MR) is 219 cm³/mol. The van der Waals surface area contributed by atoms with Gasteiger partial charge in [-0.05, 0) is 63.9 Å². The molecule has 2 atom stereocenters. The molecule has 0 fully saturated rings. The Hall–Kier alpha value is -1.96. The Bertz CT molecular complexity index is 979. The number of ether oxygens (including phenoxy) is 2. The molecule has 0 radical (unpaired) electrons. The van der Waals surface area contributed by atoms with E-state index in [9.17, 15) is 14.3 Å². The van der Waals surface area contributed by atoms with Crippen LogP contribution in [0.2, 0.25) is 0 Å². The first-order valence-corrected chi connectivity index (χ1v) is 22.3. The van der Waals surface area contributed by atoms with Crippen molar-refractivity contribution in [1.29, 1.82) is 0 Å². The Morgan fingerprint density at radius 3 is 1.63 bits per heavy atom. The van der Waals surface area contributed by atoms with E-state index in [1.54, 1.807) is 6.26 Å². The summed E-state index contributed by atoms with van der Waals surface area (Å²) in [6.45, 7) is 4.07. The van der Waals surface area contributed by atoms with E-state index < -0.39 is 13.9 Å². The Morgan fingerprint density at radius 2 is 1.10 bits per heavy atom. The van der Waals surface area contributed by atoms with Gasteiger partial charge >= 0.3 is 13.8 Å². The maximum Gasteiger partial charge on any atom is 0.472 e. The molecule has 0 spiro atoms. The number of hydrogen-bond acceptors (Lipinski definition) is 7. The first kappa shape index (κ1) is 50.0. The fraction of sp³-hybridized carbons (Fsp3) is 0.744. The molecule has 0 saturated heterocycles. The van der Waals surface area contributed by atoms with E-state index in [1.165, 1.54) is 83.5 Å². The lowest BCUT2D eigenvalue weighted by Crippen LogP contribution is -2.25. The molecule has 0 heterocycles. The standard InChI is InChI=1S/C43H78NO7P/c1-3-5-7-9-11-13-15-17-19-21-22-24-26-28-30-32-34-36-43(45)49-40-42(41-51-52(46,47)50-39-37-44)48-38-35-33-31-29-27-25-23-20-18-16-14-12-10-8-6-4-2/h5,7,11,13,17,19,22,24,35,38,42H,3-4,6,8-10,12,14-16,18,20-21,23,25-34,36-37,39-41,44H2,1-2H3,(H,46,47)/t42-/m1/s1. The zero-order valence-corrected chi connectivity index (χ0v) is 34.2. The summed E-state index contributed by atoms with van der Waals surface area (Å²) in [6.07, 6.45) is 49.1. The maximum absolute atomic E-state index is 12.4. The molecule has 3 N–H and O–H groups in total. The number of carbonyl (C=O) groups excluding carboxylic acids is 1. The van der Waals surface area contributed by atoms with Crippen LogP contribution >= 0.6 is 7.82 Å². The second-order valence-electron chi connectivity index (χ2n) is 13.5. The molecule has 0 aromatic rings. The smallest absolute Gasteiger partial charge is 0.472 e. The van der Waals surface area contributed by atoms with Crippen molar-refractivity contribution in [3.05, 3.63) is 60.9 Å². The molecule has 0 bridgehead atoms. The summed E-state index contributed by atoms with van der Waals surface area (Å²) in [5.74, 6) is -0.314. The molecule has 8 nitrogen and oxygen atoms in total. The Morgan fingerprint density at radius 1 is 0.615 bits per heavy atom. The van der Waals surface area contributed by atoms with Crippen LogP contribution in [0.5, 0.6) is 0 Å². The van der Waals surface area contributed by atoms with Gasteiger partial charge in [0.15, 0.2) is 6.10 Å². The van der Waals surface area contributed by atoms with Crippen LogP contribution < -0.4 is 5.73 Å². The van der Waals surface area contributed by atoms with Gasteiger partial charge in [0.2, 0.25) is 0 Å². The van der Waals surface area contributed by atoms with E-state index in [0.717, 1.165) is 70.6 Å². The predicted octanol–water partition coefficient (Wildman–Crippen LogP) is 12.5. The van der Waals surface area contributed by atoms with Gasteiger partial charge < -0.3 is 20.1 Å². The van der Waals surface area contributed by atoms with Crippen molar-refractivity contribution >= 4 is 13.8 Å². The second kappa shape index (κ2) is 40.2. The van der Waals surface area contributed by atoms with Crippen molar-refractivity contribution in [3.8, 4) is 0 Å². The molecule has 0 aliphatic heterocycles. The molecule has 0 saturated carbocycles. The Balaban J connectivity index is 4.15. The average molecular weight is 752 g/mol. The van der Waals surface area contributed by atoms with E-state index in [-0.39, 0.29) is 32.3 Å². The van der Waals surface area contributed by atoms with Crippen LogP contribution in [-0.4, -0.2) is 43.3 Å². The van der Waals surface area contributed by atoms with Crippen molar-refractivity contribution in [2.24, 2.45) is 5.73 Å². The summed E-state index contributed by atoms with van der Waals surface area (Å²) < 4.78 is 33.1. The van der Waals surface area contributed by atoms with Gasteiger partial charge in [-0.2, -0.15) is 0 Å². The van der Waals surface area contributed by atoms with Gasteiger partial charge in [0.05, 0.1) is 19.5 Å². The van der Waals surface area contributed by atoms with Crippen molar-refractivity contribution < 1.29 is 32.8 Å². The number of unbranched alkanes of at least 4 members (excludes halogenated alkanes) is 18. The topological polar surface area (TPSA) is 117 Å². The highest BCUT2D eigenvalue weighted by Crippen LogP contribution is 2.43. The van der Waals surface area contributed by atoms with E-state index in [2.05, 4.69) is 62.5 Å².